The smallest absolute Gasteiger partial charge is 0.168 e. The molecule has 2 aromatic rings. The molecule has 21 heavy (non-hydrogen) atoms. The van der Waals surface area contributed by atoms with Crippen molar-refractivity contribution < 1.29 is 8.78 Å². The standard InChI is InChI=1S/C15H18F2N4/c1-3-10-6-5-7-19-13(10)9-20-15-12(17)8-11(16)14(21-15)18-4-2/h5-8H,3-4,9H2,1-2H3,(H2,18,20,21). The Kier molecular flexibility index (Phi) is 5.03. The summed E-state index contributed by atoms with van der Waals surface area (Å²) in [5.41, 5.74) is 1.91. The summed E-state index contributed by atoms with van der Waals surface area (Å²) in [6.45, 7) is 4.69. The topological polar surface area (TPSA) is 49.8 Å². The Hall–Kier alpha value is -2.24. The maximum absolute atomic E-state index is 13.7. The van der Waals surface area contributed by atoms with Gasteiger partial charge in [-0.15, -0.1) is 0 Å². The van der Waals surface area contributed by atoms with Gasteiger partial charge in [0.05, 0.1) is 12.2 Å². The number of anilines is 2. The normalized spacial score (nSPS) is 10.5. The summed E-state index contributed by atoms with van der Waals surface area (Å²) < 4.78 is 27.2. The van der Waals surface area contributed by atoms with Gasteiger partial charge in [0.25, 0.3) is 0 Å². The zero-order valence-electron chi connectivity index (χ0n) is 12.1. The van der Waals surface area contributed by atoms with Gasteiger partial charge in [-0.05, 0) is 25.0 Å². The number of halogens is 2. The van der Waals surface area contributed by atoms with E-state index in [1.807, 2.05) is 26.0 Å². The first-order valence-corrected chi connectivity index (χ1v) is 6.92. The monoisotopic (exact) mass is 292 g/mol. The van der Waals surface area contributed by atoms with Crippen molar-refractivity contribution in [1.82, 2.24) is 9.97 Å². The summed E-state index contributed by atoms with van der Waals surface area (Å²) in [7, 11) is 0. The molecule has 0 atom stereocenters. The molecule has 0 saturated heterocycles. The van der Waals surface area contributed by atoms with E-state index < -0.39 is 11.6 Å². The van der Waals surface area contributed by atoms with Gasteiger partial charge < -0.3 is 10.6 Å². The largest absolute Gasteiger partial charge is 0.368 e. The van der Waals surface area contributed by atoms with Gasteiger partial charge in [-0.3, -0.25) is 4.98 Å². The number of hydrogen-bond acceptors (Lipinski definition) is 4. The Balaban J connectivity index is 2.17. The van der Waals surface area contributed by atoms with Crippen molar-refractivity contribution in [3.05, 3.63) is 47.3 Å². The Morgan fingerprint density at radius 2 is 1.81 bits per heavy atom. The number of aryl methyl sites for hydroxylation is 1. The third-order valence-corrected chi connectivity index (χ3v) is 3.06. The minimum atomic E-state index is -0.719. The van der Waals surface area contributed by atoms with Crippen LogP contribution in [0.5, 0.6) is 0 Å². The maximum Gasteiger partial charge on any atom is 0.168 e. The van der Waals surface area contributed by atoms with Gasteiger partial charge >= 0.3 is 0 Å². The van der Waals surface area contributed by atoms with Crippen LogP contribution in [0.15, 0.2) is 24.4 Å². The van der Waals surface area contributed by atoms with E-state index in [2.05, 4.69) is 20.6 Å². The van der Waals surface area contributed by atoms with Crippen LogP contribution in [0, 0.1) is 11.6 Å². The zero-order chi connectivity index (χ0) is 15.2. The molecule has 0 bridgehead atoms. The number of hydrogen-bond donors (Lipinski definition) is 2. The van der Waals surface area contributed by atoms with Crippen LogP contribution in [0.2, 0.25) is 0 Å². The fourth-order valence-electron chi connectivity index (χ4n) is 2.00. The van der Waals surface area contributed by atoms with Gasteiger partial charge in [0, 0.05) is 18.8 Å². The van der Waals surface area contributed by atoms with Crippen molar-refractivity contribution in [2.75, 3.05) is 17.2 Å². The van der Waals surface area contributed by atoms with Crippen molar-refractivity contribution in [3.63, 3.8) is 0 Å². The van der Waals surface area contributed by atoms with Crippen molar-refractivity contribution in [1.29, 1.82) is 0 Å². The van der Waals surface area contributed by atoms with Crippen LogP contribution in [0.25, 0.3) is 0 Å². The number of pyridine rings is 2. The van der Waals surface area contributed by atoms with Crippen LogP contribution in [-0.2, 0) is 13.0 Å². The van der Waals surface area contributed by atoms with E-state index in [9.17, 15) is 8.78 Å². The second kappa shape index (κ2) is 6.97. The summed E-state index contributed by atoms with van der Waals surface area (Å²) in [4.78, 5) is 8.20. The Morgan fingerprint density at radius 1 is 1.10 bits per heavy atom. The van der Waals surface area contributed by atoms with E-state index in [4.69, 9.17) is 0 Å². The predicted molar refractivity (Wildman–Crippen MR) is 79.3 cm³/mol. The summed E-state index contributed by atoms with van der Waals surface area (Å²) in [5, 5.41) is 5.63. The first kappa shape index (κ1) is 15.2. The Labute approximate surface area is 122 Å². The maximum atomic E-state index is 13.7. The SMILES string of the molecule is CCNc1nc(NCc2ncccc2CC)c(F)cc1F. The van der Waals surface area contributed by atoms with E-state index in [1.54, 1.807) is 6.20 Å². The first-order chi connectivity index (χ1) is 10.2. The second-order valence-corrected chi connectivity index (χ2v) is 4.50. The number of nitrogens with one attached hydrogen (secondary N) is 2. The highest BCUT2D eigenvalue weighted by Gasteiger charge is 2.12. The summed E-state index contributed by atoms with van der Waals surface area (Å²) in [6, 6.07) is 4.66. The van der Waals surface area contributed by atoms with E-state index in [1.165, 1.54) is 0 Å². The minimum absolute atomic E-state index is 0.0139. The molecule has 0 aliphatic heterocycles. The van der Waals surface area contributed by atoms with Gasteiger partial charge in [-0.2, -0.15) is 0 Å². The molecule has 0 aliphatic rings. The van der Waals surface area contributed by atoms with Crippen molar-refractivity contribution >= 4 is 11.6 Å². The molecule has 0 radical (unpaired) electrons. The van der Waals surface area contributed by atoms with Gasteiger partial charge in [0.15, 0.2) is 23.3 Å². The highest BCUT2D eigenvalue weighted by atomic mass is 19.1. The Bertz CT molecular complexity index is 617. The van der Waals surface area contributed by atoms with Crippen LogP contribution in [0.3, 0.4) is 0 Å². The average Bonchev–Trinajstić information content (AvgIpc) is 2.49. The molecular formula is C15H18F2N4. The fourth-order valence-corrected chi connectivity index (χ4v) is 2.00. The van der Waals surface area contributed by atoms with E-state index >= 15 is 0 Å². The van der Waals surface area contributed by atoms with Crippen LogP contribution >= 0.6 is 0 Å². The number of nitrogens with zero attached hydrogens (tertiary/aromatic N) is 2. The van der Waals surface area contributed by atoms with Gasteiger partial charge in [0.1, 0.15) is 0 Å². The molecule has 0 spiro atoms. The van der Waals surface area contributed by atoms with E-state index in [-0.39, 0.29) is 11.6 Å². The summed E-state index contributed by atoms with van der Waals surface area (Å²) in [5.74, 6) is -1.37. The molecule has 6 heteroatoms. The lowest BCUT2D eigenvalue weighted by molar-refractivity contribution is 0.578. The van der Waals surface area contributed by atoms with Gasteiger partial charge in [-0.25, -0.2) is 13.8 Å². The summed E-state index contributed by atoms with van der Waals surface area (Å²) in [6.07, 6.45) is 2.53. The average molecular weight is 292 g/mol. The molecule has 2 aromatic heterocycles. The van der Waals surface area contributed by atoms with Crippen molar-refractivity contribution in [2.45, 2.75) is 26.8 Å². The molecule has 2 heterocycles. The lowest BCUT2D eigenvalue weighted by atomic mass is 10.1. The number of rotatable bonds is 6. The second-order valence-electron chi connectivity index (χ2n) is 4.50. The minimum Gasteiger partial charge on any atom is -0.368 e. The van der Waals surface area contributed by atoms with Crippen LogP contribution in [0.1, 0.15) is 25.1 Å². The molecule has 2 rings (SSSR count). The summed E-state index contributed by atoms with van der Waals surface area (Å²) >= 11 is 0. The van der Waals surface area contributed by atoms with Crippen molar-refractivity contribution in [3.8, 4) is 0 Å². The van der Waals surface area contributed by atoms with Crippen LogP contribution in [0.4, 0.5) is 20.4 Å². The third kappa shape index (κ3) is 3.65. The fraction of sp³-hybridized carbons (Fsp3) is 0.333. The van der Waals surface area contributed by atoms with Crippen molar-refractivity contribution in [2.24, 2.45) is 0 Å². The molecule has 0 aromatic carbocycles. The van der Waals surface area contributed by atoms with Crippen LogP contribution in [-0.4, -0.2) is 16.5 Å². The van der Waals surface area contributed by atoms with E-state index in [0.717, 1.165) is 23.7 Å². The molecule has 0 aliphatic carbocycles. The lowest BCUT2D eigenvalue weighted by Gasteiger charge is -2.11. The van der Waals surface area contributed by atoms with Gasteiger partial charge in [-0.1, -0.05) is 13.0 Å². The first-order valence-electron chi connectivity index (χ1n) is 6.92. The number of aromatic nitrogens is 2. The molecule has 0 saturated carbocycles. The molecule has 0 fully saturated rings. The van der Waals surface area contributed by atoms with Crippen LogP contribution < -0.4 is 10.6 Å². The predicted octanol–water partition coefficient (Wildman–Crippen LogP) is 3.36. The third-order valence-electron chi connectivity index (χ3n) is 3.06. The highest BCUT2D eigenvalue weighted by Crippen LogP contribution is 2.19. The molecular weight excluding hydrogens is 274 g/mol. The molecule has 112 valence electrons. The Morgan fingerprint density at radius 3 is 2.48 bits per heavy atom. The van der Waals surface area contributed by atoms with Gasteiger partial charge in [0.2, 0.25) is 0 Å². The quantitative estimate of drug-likeness (QED) is 0.857. The zero-order valence-corrected chi connectivity index (χ0v) is 12.1. The molecule has 0 amide bonds. The highest BCUT2D eigenvalue weighted by molar-refractivity contribution is 5.47. The van der Waals surface area contributed by atoms with E-state index in [0.29, 0.717) is 13.1 Å². The lowest BCUT2D eigenvalue weighted by Crippen LogP contribution is -2.10. The molecule has 4 nitrogen and oxygen atoms in total. The molecule has 2 N–H and O–H groups in total. The molecule has 0 unspecified atom stereocenters.